The fraction of sp³-hybridized carbons (Fsp3) is 0.526. The van der Waals surface area contributed by atoms with E-state index in [0.717, 1.165) is 17.7 Å². The van der Waals surface area contributed by atoms with Gasteiger partial charge in [-0.2, -0.15) is 0 Å². The highest BCUT2D eigenvalue weighted by Crippen LogP contribution is 2.40. The molecule has 3 fully saturated rings. The number of nitrogens with zero attached hydrogens (tertiary/aromatic N) is 2. The summed E-state index contributed by atoms with van der Waals surface area (Å²) in [6.45, 7) is -0.221. The Kier molecular flexibility index (Phi) is 4.53. The zero-order valence-electron chi connectivity index (χ0n) is 14.9. The van der Waals surface area contributed by atoms with Gasteiger partial charge in [0, 0.05) is 24.9 Å². The molecular formula is C19H22N2O5S. The molecule has 0 radical (unpaired) electrons. The molecule has 3 saturated heterocycles. The predicted molar refractivity (Wildman–Crippen MR) is 96.3 cm³/mol. The third-order valence-corrected chi connectivity index (χ3v) is 8.13. The lowest BCUT2D eigenvalue weighted by atomic mass is 10.0. The molecule has 4 rings (SSSR count). The number of carbonyl (C=O) groups excluding carboxylic acids is 3. The van der Waals surface area contributed by atoms with Crippen LogP contribution in [0.5, 0.6) is 0 Å². The number of amides is 3. The quantitative estimate of drug-likeness (QED) is 0.719. The molecule has 8 heteroatoms. The summed E-state index contributed by atoms with van der Waals surface area (Å²) in [5, 5.41) is -0.503. The van der Waals surface area contributed by atoms with Gasteiger partial charge in [-0.15, -0.1) is 0 Å². The van der Waals surface area contributed by atoms with Gasteiger partial charge in [-0.05, 0) is 37.8 Å². The maximum absolute atomic E-state index is 12.9. The second-order valence-corrected chi connectivity index (χ2v) is 9.74. The zero-order chi connectivity index (χ0) is 19.2. The zero-order valence-corrected chi connectivity index (χ0v) is 15.7. The summed E-state index contributed by atoms with van der Waals surface area (Å²) in [4.78, 5) is 39.4. The monoisotopic (exact) mass is 390 g/mol. The van der Waals surface area contributed by atoms with Crippen LogP contribution in [0.1, 0.15) is 38.5 Å². The normalized spacial score (nSPS) is 28.1. The van der Waals surface area contributed by atoms with Crippen molar-refractivity contribution in [1.29, 1.82) is 0 Å². The van der Waals surface area contributed by atoms with Crippen LogP contribution < -0.4 is 0 Å². The van der Waals surface area contributed by atoms with Crippen LogP contribution in [0.25, 0.3) is 0 Å². The molecule has 7 nitrogen and oxygen atoms in total. The van der Waals surface area contributed by atoms with E-state index in [1.54, 1.807) is 35.2 Å². The Balaban J connectivity index is 1.48. The Morgan fingerprint density at radius 3 is 2.07 bits per heavy atom. The van der Waals surface area contributed by atoms with Crippen molar-refractivity contribution in [2.24, 2.45) is 0 Å². The van der Waals surface area contributed by atoms with Gasteiger partial charge in [-0.3, -0.25) is 19.3 Å². The van der Waals surface area contributed by atoms with Crippen molar-refractivity contribution in [3.8, 4) is 0 Å². The second-order valence-electron chi connectivity index (χ2n) is 7.51. The molecule has 27 heavy (non-hydrogen) atoms. The van der Waals surface area contributed by atoms with Gasteiger partial charge >= 0.3 is 0 Å². The van der Waals surface area contributed by atoms with E-state index in [2.05, 4.69) is 0 Å². The van der Waals surface area contributed by atoms with Gasteiger partial charge in [0.05, 0.1) is 10.1 Å². The molecule has 3 heterocycles. The number of fused-ring (bicyclic) bond motifs is 2. The highest BCUT2D eigenvalue weighted by Gasteiger charge is 2.47. The van der Waals surface area contributed by atoms with E-state index in [1.807, 2.05) is 0 Å². The number of benzene rings is 1. The molecule has 3 aliphatic rings. The largest absolute Gasteiger partial charge is 0.335 e. The minimum absolute atomic E-state index is 0.146. The lowest BCUT2D eigenvalue weighted by Crippen LogP contribution is -2.53. The number of likely N-dealkylation sites (tertiary alicyclic amines) is 1. The Morgan fingerprint density at radius 2 is 1.52 bits per heavy atom. The molecule has 0 N–H and O–H groups in total. The molecule has 3 atom stereocenters. The number of piperidine rings is 1. The van der Waals surface area contributed by atoms with Gasteiger partial charge in [0.25, 0.3) is 0 Å². The summed E-state index contributed by atoms with van der Waals surface area (Å²) in [6.07, 6.45) is 2.66. The predicted octanol–water partition coefficient (Wildman–Crippen LogP) is 1.13. The fourth-order valence-electron chi connectivity index (χ4n) is 4.61. The van der Waals surface area contributed by atoms with Crippen molar-refractivity contribution in [2.75, 3.05) is 6.54 Å². The first kappa shape index (κ1) is 18.2. The maximum atomic E-state index is 12.9. The first-order chi connectivity index (χ1) is 12.9. The molecule has 0 aromatic heterocycles. The lowest BCUT2D eigenvalue weighted by molar-refractivity contribution is -0.147. The smallest absolute Gasteiger partial charge is 0.243 e. The molecule has 3 amide bonds. The second kappa shape index (κ2) is 6.74. The summed E-state index contributed by atoms with van der Waals surface area (Å²) < 4.78 is 25.9. The van der Waals surface area contributed by atoms with Gasteiger partial charge in [-0.25, -0.2) is 8.42 Å². The Bertz CT molecular complexity index is 853. The van der Waals surface area contributed by atoms with Crippen LogP contribution in [-0.4, -0.2) is 59.8 Å². The van der Waals surface area contributed by atoms with Crippen LogP contribution in [0, 0.1) is 0 Å². The van der Waals surface area contributed by atoms with Crippen molar-refractivity contribution < 1.29 is 22.8 Å². The van der Waals surface area contributed by atoms with Gasteiger partial charge in [-0.1, -0.05) is 18.2 Å². The molecule has 1 unspecified atom stereocenters. The highest BCUT2D eigenvalue weighted by molar-refractivity contribution is 7.92. The van der Waals surface area contributed by atoms with E-state index in [9.17, 15) is 22.8 Å². The summed E-state index contributed by atoms with van der Waals surface area (Å²) >= 11 is 0. The lowest BCUT2D eigenvalue weighted by Gasteiger charge is -2.39. The van der Waals surface area contributed by atoms with Crippen LogP contribution in [0.15, 0.2) is 35.2 Å². The van der Waals surface area contributed by atoms with E-state index in [0.29, 0.717) is 17.7 Å². The average molecular weight is 390 g/mol. The third-order valence-electron chi connectivity index (χ3n) is 5.94. The van der Waals surface area contributed by atoms with Crippen molar-refractivity contribution in [1.82, 2.24) is 9.80 Å². The molecule has 144 valence electrons. The number of hydrogen-bond acceptors (Lipinski definition) is 5. The number of rotatable bonds is 4. The first-order valence-corrected chi connectivity index (χ1v) is 10.9. The first-order valence-electron chi connectivity index (χ1n) is 9.31. The molecule has 0 saturated carbocycles. The SMILES string of the molecule is O=C1CCC(=O)N1CC(=O)N1[C@@H]2CC[C@H]1CC(S(=O)(=O)c1ccccc1)C2. The molecule has 3 aliphatic heterocycles. The van der Waals surface area contributed by atoms with Gasteiger partial charge < -0.3 is 4.90 Å². The topological polar surface area (TPSA) is 91.8 Å². The number of carbonyl (C=O) groups is 3. The number of sulfone groups is 1. The van der Waals surface area contributed by atoms with Crippen molar-refractivity contribution in [3.63, 3.8) is 0 Å². The van der Waals surface area contributed by atoms with Crippen LogP contribution in [-0.2, 0) is 24.2 Å². The van der Waals surface area contributed by atoms with E-state index < -0.39 is 15.1 Å². The van der Waals surface area contributed by atoms with E-state index in [4.69, 9.17) is 0 Å². The summed E-state index contributed by atoms with van der Waals surface area (Å²) in [5.74, 6) is -0.855. The summed E-state index contributed by atoms with van der Waals surface area (Å²) in [6, 6.07) is 8.14. The van der Waals surface area contributed by atoms with Crippen molar-refractivity contribution >= 4 is 27.6 Å². The van der Waals surface area contributed by atoms with Crippen molar-refractivity contribution in [2.45, 2.75) is 60.8 Å². The number of imide groups is 1. The minimum Gasteiger partial charge on any atom is -0.335 e. The third kappa shape index (κ3) is 3.16. The Hall–Kier alpha value is -2.22. The summed E-state index contributed by atoms with van der Waals surface area (Å²) in [5.41, 5.74) is 0. The van der Waals surface area contributed by atoms with Crippen molar-refractivity contribution in [3.05, 3.63) is 30.3 Å². The van der Waals surface area contributed by atoms with Crippen LogP contribution in [0.4, 0.5) is 0 Å². The van der Waals surface area contributed by atoms with Crippen LogP contribution in [0.2, 0.25) is 0 Å². The van der Waals surface area contributed by atoms with Gasteiger partial charge in [0.1, 0.15) is 6.54 Å². The van der Waals surface area contributed by atoms with E-state index >= 15 is 0 Å². The Morgan fingerprint density at radius 1 is 0.963 bits per heavy atom. The highest BCUT2D eigenvalue weighted by atomic mass is 32.2. The maximum Gasteiger partial charge on any atom is 0.243 e. The molecule has 2 bridgehead atoms. The standard InChI is InChI=1S/C19H22N2O5S/c22-17-8-9-18(23)20(17)12-19(24)21-13-6-7-14(21)11-16(10-13)27(25,26)15-4-2-1-3-5-15/h1-5,13-14,16H,6-12H2/t13-,14+,16?. The Labute approximate surface area is 158 Å². The van der Waals surface area contributed by atoms with Gasteiger partial charge in [0.2, 0.25) is 17.7 Å². The molecule has 0 aliphatic carbocycles. The minimum atomic E-state index is -3.43. The van der Waals surface area contributed by atoms with E-state index in [1.165, 1.54) is 0 Å². The van der Waals surface area contributed by atoms with Gasteiger partial charge in [0.15, 0.2) is 9.84 Å². The molecular weight excluding hydrogens is 368 g/mol. The van der Waals surface area contributed by atoms with E-state index in [-0.39, 0.29) is 49.2 Å². The van der Waals surface area contributed by atoms with Crippen LogP contribution in [0.3, 0.4) is 0 Å². The van der Waals surface area contributed by atoms with Crippen LogP contribution >= 0.6 is 0 Å². The molecule has 1 aromatic carbocycles. The average Bonchev–Trinajstić information content (AvgIpc) is 3.11. The number of hydrogen-bond donors (Lipinski definition) is 0. The molecule has 0 spiro atoms. The molecule has 1 aromatic rings. The summed E-state index contributed by atoms with van der Waals surface area (Å²) in [7, 11) is -3.43. The fourth-order valence-corrected chi connectivity index (χ4v) is 6.48.